The lowest BCUT2D eigenvalue weighted by Crippen LogP contribution is -2.00. The highest BCUT2D eigenvalue weighted by Crippen LogP contribution is 2.29. The lowest BCUT2D eigenvalue weighted by Gasteiger charge is -2.08. The number of ether oxygens (including phenoxy) is 1. The van der Waals surface area contributed by atoms with Crippen molar-refractivity contribution < 1.29 is 4.74 Å². The van der Waals surface area contributed by atoms with Gasteiger partial charge < -0.3 is 15.0 Å². The normalized spacial score (nSPS) is 10.5. The van der Waals surface area contributed by atoms with Crippen molar-refractivity contribution >= 4 is 16.7 Å². The first-order chi connectivity index (χ1) is 10.4. The smallest absolute Gasteiger partial charge is 0.228 e. The van der Waals surface area contributed by atoms with Gasteiger partial charge in [0.2, 0.25) is 5.88 Å². The fraction of sp³-hybridized carbons (Fsp3) is 0.125. The van der Waals surface area contributed by atoms with E-state index in [0.717, 1.165) is 22.3 Å². The molecule has 3 rings (SSSR count). The van der Waals surface area contributed by atoms with E-state index in [9.17, 15) is 0 Å². The third-order valence-electron chi connectivity index (χ3n) is 3.09. The molecule has 0 radical (unpaired) electrons. The summed E-state index contributed by atoms with van der Waals surface area (Å²) in [7, 11) is 0. The van der Waals surface area contributed by atoms with Crippen LogP contribution < -0.4 is 10.1 Å². The first-order valence-corrected chi connectivity index (χ1v) is 6.72. The van der Waals surface area contributed by atoms with Crippen LogP contribution in [-0.2, 0) is 6.61 Å². The molecule has 0 saturated carbocycles. The third kappa shape index (κ3) is 2.86. The van der Waals surface area contributed by atoms with Crippen molar-refractivity contribution in [3.05, 3.63) is 61.1 Å². The molecule has 0 aliphatic rings. The molecule has 3 aromatic rings. The van der Waals surface area contributed by atoms with Crippen molar-refractivity contribution in [2.45, 2.75) is 6.61 Å². The van der Waals surface area contributed by atoms with Gasteiger partial charge in [0.25, 0.3) is 0 Å². The molecule has 21 heavy (non-hydrogen) atoms. The molecular formula is C16H16N4O. The summed E-state index contributed by atoms with van der Waals surface area (Å²) in [4.78, 5) is 11.6. The summed E-state index contributed by atoms with van der Waals surface area (Å²) in [6, 6.07) is 10.00. The lowest BCUT2D eigenvalue weighted by atomic mass is 10.2. The van der Waals surface area contributed by atoms with E-state index in [4.69, 9.17) is 4.74 Å². The molecule has 1 aromatic carbocycles. The average molecular weight is 280 g/mol. The highest BCUT2D eigenvalue weighted by Gasteiger charge is 2.11. The summed E-state index contributed by atoms with van der Waals surface area (Å²) in [5.41, 5.74) is 2.76. The van der Waals surface area contributed by atoms with Crippen LogP contribution in [0.25, 0.3) is 11.0 Å². The predicted octanol–water partition coefficient (Wildman–Crippen LogP) is 3.13. The molecule has 2 N–H and O–H groups in total. The molecule has 0 fully saturated rings. The molecule has 0 amide bonds. The summed E-state index contributed by atoms with van der Waals surface area (Å²) in [6.07, 6.45) is 5.15. The maximum Gasteiger partial charge on any atom is 0.228 e. The van der Waals surface area contributed by atoms with Crippen LogP contribution in [-0.4, -0.2) is 21.5 Å². The van der Waals surface area contributed by atoms with Gasteiger partial charge in [-0.1, -0.05) is 36.4 Å². The Kier molecular flexibility index (Phi) is 3.82. The zero-order valence-corrected chi connectivity index (χ0v) is 11.5. The molecule has 0 atom stereocenters. The zero-order chi connectivity index (χ0) is 14.5. The van der Waals surface area contributed by atoms with Crippen LogP contribution in [0, 0.1) is 0 Å². The Morgan fingerprint density at radius 1 is 1.24 bits per heavy atom. The van der Waals surface area contributed by atoms with E-state index in [1.54, 1.807) is 6.08 Å². The second kappa shape index (κ2) is 6.09. The number of aromatic nitrogens is 3. The predicted molar refractivity (Wildman–Crippen MR) is 83.3 cm³/mol. The van der Waals surface area contributed by atoms with Crippen LogP contribution in [0.4, 0.5) is 5.69 Å². The minimum absolute atomic E-state index is 0.471. The van der Waals surface area contributed by atoms with E-state index in [1.807, 2.05) is 36.5 Å². The minimum atomic E-state index is 0.471. The third-order valence-corrected chi connectivity index (χ3v) is 3.09. The average Bonchev–Trinajstić information content (AvgIpc) is 2.96. The van der Waals surface area contributed by atoms with Crippen LogP contribution in [0.2, 0.25) is 0 Å². The summed E-state index contributed by atoms with van der Waals surface area (Å²) >= 11 is 0. The van der Waals surface area contributed by atoms with Crippen molar-refractivity contribution in [2.24, 2.45) is 0 Å². The van der Waals surface area contributed by atoms with Crippen molar-refractivity contribution in [3.63, 3.8) is 0 Å². The van der Waals surface area contributed by atoms with E-state index in [0.29, 0.717) is 19.0 Å². The topological polar surface area (TPSA) is 62.8 Å². The molecule has 0 saturated heterocycles. The first-order valence-electron chi connectivity index (χ1n) is 6.72. The van der Waals surface area contributed by atoms with Crippen LogP contribution >= 0.6 is 0 Å². The first kappa shape index (κ1) is 13.2. The monoisotopic (exact) mass is 280 g/mol. The van der Waals surface area contributed by atoms with Gasteiger partial charge in [0.15, 0.2) is 0 Å². The highest BCUT2D eigenvalue weighted by molar-refractivity contribution is 5.94. The molecule has 0 spiro atoms. The van der Waals surface area contributed by atoms with E-state index in [-0.39, 0.29) is 0 Å². The number of aromatic amines is 1. The largest absolute Gasteiger partial charge is 0.472 e. The van der Waals surface area contributed by atoms with Gasteiger partial charge in [-0.15, -0.1) is 6.58 Å². The number of benzene rings is 1. The van der Waals surface area contributed by atoms with Gasteiger partial charge in [0, 0.05) is 12.7 Å². The standard InChI is InChI=1S/C16H16N4O/c1-2-8-17-13-9-18-15-14(13)16(20-11-19-15)21-10-12-6-4-3-5-7-12/h2-7,9,11,17H,1,8,10H2,(H,18,19,20). The Hall–Kier alpha value is -2.82. The Labute approximate surface area is 122 Å². The minimum Gasteiger partial charge on any atom is -0.472 e. The van der Waals surface area contributed by atoms with Crippen LogP contribution in [0.3, 0.4) is 0 Å². The molecule has 0 aliphatic carbocycles. The van der Waals surface area contributed by atoms with Crippen molar-refractivity contribution in [2.75, 3.05) is 11.9 Å². The summed E-state index contributed by atoms with van der Waals surface area (Å²) in [6.45, 7) is 4.84. The lowest BCUT2D eigenvalue weighted by molar-refractivity contribution is 0.298. The molecule has 0 unspecified atom stereocenters. The van der Waals surface area contributed by atoms with Crippen molar-refractivity contribution in [3.8, 4) is 5.88 Å². The zero-order valence-electron chi connectivity index (χ0n) is 11.5. The molecule has 5 heteroatoms. The van der Waals surface area contributed by atoms with Gasteiger partial charge in [0.1, 0.15) is 24.0 Å². The van der Waals surface area contributed by atoms with Gasteiger partial charge in [-0.25, -0.2) is 9.97 Å². The van der Waals surface area contributed by atoms with Gasteiger partial charge in [-0.3, -0.25) is 0 Å². The Bertz CT molecular complexity index is 736. The Morgan fingerprint density at radius 3 is 2.90 bits per heavy atom. The molecule has 106 valence electrons. The van der Waals surface area contributed by atoms with E-state index >= 15 is 0 Å². The molecule has 5 nitrogen and oxygen atoms in total. The Balaban J connectivity index is 1.87. The van der Waals surface area contributed by atoms with Crippen LogP contribution in [0.1, 0.15) is 5.56 Å². The summed E-state index contributed by atoms with van der Waals surface area (Å²) in [5.74, 6) is 0.566. The van der Waals surface area contributed by atoms with Crippen molar-refractivity contribution in [1.82, 2.24) is 15.0 Å². The number of nitrogens with one attached hydrogen (secondary N) is 2. The number of hydrogen-bond acceptors (Lipinski definition) is 4. The van der Waals surface area contributed by atoms with Crippen LogP contribution in [0.15, 0.2) is 55.5 Å². The van der Waals surface area contributed by atoms with Gasteiger partial charge >= 0.3 is 0 Å². The fourth-order valence-electron chi connectivity index (χ4n) is 2.09. The second-order valence-electron chi connectivity index (χ2n) is 4.55. The maximum atomic E-state index is 5.85. The SMILES string of the molecule is C=CCNc1c[nH]c2ncnc(OCc3ccccc3)c12. The van der Waals surface area contributed by atoms with Gasteiger partial charge in [-0.05, 0) is 5.56 Å². The summed E-state index contributed by atoms with van der Waals surface area (Å²) < 4.78 is 5.85. The van der Waals surface area contributed by atoms with Gasteiger partial charge in [-0.2, -0.15) is 0 Å². The summed E-state index contributed by atoms with van der Waals surface area (Å²) in [5, 5.41) is 4.10. The molecule has 2 heterocycles. The number of fused-ring (bicyclic) bond motifs is 1. The molecule has 0 bridgehead atoms. The van der Waals surface area contributed by atoms with E-state index < -0.39 is 0 Å². The van der Waals surface area contributed by atoms with E-state index in [2.05, 4.69) is 26.8 Å². The fourth-order valence-corrected chi connectivity index (χ4v) is 2.09. The number of anilines is 1. The highest BCUT2D eigenvalue weighted by atomic mass is 16.5. The second-order valence-corrected chi connectivity index (χ2v) is 4.55. The van der Waals surface area contributed by atoms with Gasteiger partial charge in [0.05, 0.1) is 5.69 Å². The number of H-pyrrole nitrogens is 1. The number of nitrogens with zero attached hydrogens (tertiary/aromatic N) is 2. The van der Waals surface area contributed by atoms with Crippen LogP contribution in [0.5, 0.6) is 5.88 Å². The van der Waals surface area contributed by atoms with Crippen molar-refractivity contribution in [1.29, 1.82) is 0 Å². The van der Waals surface area contributed by atoms with E-state index in [1.165, 1.54) is 6.33 Å². The number of hydrogen-bond donors (Lipinski definition) is 2. The molecular weight excluding hydrogens is 264 g/mol. The molecule has 2 aromatic heterocycles. The molecule has 0 aliphatic heterocycles. The Morgan fingerprint density at radius 2 is 2.10 bits per heavy atom. The number of rotatable bonds is 6. The quantitative estimate of drug-likeness (QED) is 0.681. The maximum absolute atomic E-state index is 5.85.